The van der Waals surface area contributed by atoms with Crippen LogP contribution in [0.15, 0.2) is 54.9 Å². The number of anilines is 1. The maximum Gasteiger partial charge on any atom is 0.255 e. The van der Waals surface area contributed by atoms with Gasteiger partial charge in [0.25, 0.3) is 5.91 Å². The molecule has 6 nitrogen and oxygen atoms in total. The molecule has 122 valence electrons. The molecule has 0 fully saturated rings. The third kappa shape index (κ3) is 3.43. The van der Waals surface area contributed by atoms with Crippen LogP contribution in [-0.2, 0) is 11.2 Å². The number of amides is 2. The van der Waals surface area contributed by atoms with E-state index in [1.807, 2.05) is 36.4 Å². The van der Waals surface area contributed by atoms with Crippen molar-refractivity contribution in [3.05, 3.63) is 66.0 Å². The molecular weight excluding hydrogens is 304 g/mol. The second-order valence-electron chi connectivity index (χ2n) is 5.37. The first-order chi connectivity index (χ1) is 11.7. The van der Waals surface area contributed by atoms with Gasteiger partial charge in [0, 0.05) is 11.9 Å². The van der Waals surface area contributed by atoms with Crippen molar-refractivity contribution >= 4 is 23.0 Å². The molecule has 0 aliphatic carbocycles. The summed E-state index contributed by atoms with van der Waals surface area (Å²) in [4.78, 5) is 24.2. The number of hydrogen-bond donors (Lipinski definition) is 2. The summed E-state index contributed by atoms with van der Waals surface area (Å²) in [5.74, 6) is -0.596. The molecule has 0 aliphatic rings. The molecule has 3 aromatic rings. The van der Waals surface area contributed by atoms with Gasteiger partial charge in [0.05, 0.1) is 23.8 Å². The summed E-state index contributed by atoms with van der Waals surface area (Å²) in [6.45, 7) is 1.96. The molecule has 1 aromatic carbocycles. The van der Waals surface area contributed by atoms with E-state index < -0.39 is 0 Å². The van der Waals surface area contributed by atoms with Gasteiger partial charge in [0.1, 0.15) is 0 Å². The topological polar surface area (TPSA) is 75.5 Å². The van der Waals surface area contributed by atoms with Crippen LogP contribution in [0.3, 0.4) is 0 Å². The highest BCUT2D eigenvalue weighted by Crippen LogP contribution is 2.11. The lowest BCUT2D eigenvalue weighted by molar-refractivity contribution is -0.115. The molecule has 24 heavy (non-hydrogen) atoms. The lowest BCUT2D eigenvalue weighted by Crippen LogP contribution is -2.32. The van der Waals surface area contributed by atoms with Crippen LogP contribution in [0.25, 0.3) is 5.52 Å². The van der Waals surface area contributed by atoms with Crippen LogP contribution in [0, 0.1) is 0 Å². The average Bonchev–Trinajstić information content (AvgIpc) is 3.04. The predicted octanol–water partition coefficient (Wildman–Crippen LogP) is 2.27. The van der Waals surface area contributed by atoms with Gasteiger partial charge < -0.3 is 10.6 Å². The Labute approximate surface area is 139 Å². The van der Waals surface area contributed by atoms with E-state index in [4.69, 9.17) is 0 Å². The molecule has 0 aliphatic heterocycles. The van der Waals surface area contributed by atoms with Crippen molar-refractivity contribution in [2.24, 2.45) is 0 Å². The number of carbonyl (C=O) groups excluding carboxylic acids is 2. The van der Waals surface area contributed by atoms with Crippen LogP contribution in [0.2, 0.25) is 0 Å². The number of benzene rings is 1. The Hall–Kier alpha value is -3.15. The van der Waals surface area contributed by atoms with Gasteiger partial charge in [-0.3, -0.25) is 9.59 Å². The molecule has 0 saturated heterocycles. The molecule has 0 spiro atoms. The number of pyridine rings is 1. The highest BCUT2D eigenvalue weighted by atomic mass is 16.2. The van der Waals surface area contributed by atoms with Crippen LogP contribution < -0.4 is 10.6 Å². The van der Waals surface area contributed by atoms with Gasteiger partial charge in [-0.2, -0.15) is 5.10 Å². The van der Waals surface area contributed by atoms with Crippen molar-refractivity contribution in [3.8, 4) is 0 Å². The van der Waals surface area contributed by atoms with E-state index in [9.17, 15) is 9.59 Å². The van der Waals surface area contributed by atoms with Gasteiger partial charge in [-0.15, -0.1) is 0 Å². The Morgan fingerprint density at radius 1 is 1.17 bits per heavy atom. The van der Waals surface area contributed by atoms with E-state index in [-0.39, 0.29) is 18.4 Å². The van der Waals surface area contributed by atoms with E-state index in [2.05, 4.69) is 22.7 Å². The van der Waals surface area contributed by atoms with Crippen molar-refractivity contribution in [1.29, 1.82) is 0 Å². The monoisotopic (exact) mass is 322 g/mol. The Morgan fingerprint density at radius 3 is 2.88 bits per heavy atom. The minimum atomic E-state index is -0.325. The summed E-state index contributed by atoms with van der Waals surface area (Å²) >= 11 is 0. The standard InChI is InChI=1S/C18H18N4O2/c1-2-13-6-5-7-14(10-13)21-17(23)12-19-18(24)15-11-20-22-9-4-3-8-16(15)22/h3-11H,2,12H2,1H3,(H,19,24)(H,21,23). The molecule has 0 saturated carbocycles. The maximum atomic E-state index is 12.2. The van der Waals surface area contributed by atoms with Crippen molar-refractivity contribution in [3.63, 3.8) is 0 Å². The molecular formula is C18H18N4O2. The number of hydrogen-bond acceptors (Lipinski definition) is 3. The Balaban J connectivity index is 1.60. The molecule has 2 heterocycles. The largest absolute Gasteiger partial charge is 0.343 e. The van der Waals surface area contributed by atoms with Gasteiger partial charge in [0.2, 0.25) is 5.91 Å². The second-order valence-corrected chi connectivity index (χ2v) is 5.37. The Kier molecular flexibility index (Phi) is 4.56. The summed E-state index contributed by atoms with van der Waals surface area (Å²) in [6, 6.07) is 13.1. The van der Waals surface area contributed by atoms with Crippen molar-refractivity contribution in [2.75, 3.05) is 11.9 Å². The normalized spacial score (nSPS) is 10.5. The molecule has 6 heteroatoms. The number of nitrogens with one attached hydrogen (secondary N) is 2. The molecule has 0 radical (unpaired) electrons. The SMILES string of the molecule is CCc1cccc(NC(=O)CNC(=O)c2cnn3ccccc23)c1. The van der Waals surface area contributed by atoms with Gasteiger partial charge >= 0.3 is 0 Å². The number of rotatable bonds is 5. The third-order valence-corrected chi connectivity index (χ3v) is 3.70. The molecule has 3 rings (SSSR count). The number of aromatic nitrogens is 2. The first kappa shape index (κ1) is 15.7. The lowest BCUT2D eigenvalue weighted by atomic mass is 10.1. The summed E-state index contributed by atoms with van der Waals surface area (Å²) in [5, 5.41) is 9.51. The van der Waals surface area contributed by atoms with Crippen molar-refractivity contribution in [2.45, 2.75) is 13.3 Å². The molecule has 0 bridgehead atoms. The van der Waals surface area contributed by atoms with E-state index in [0.717, 1.165) is 17.7 Å². The number of nitrogens with zero attached hydrogens (tertiary/aromatic N) is 2. The highest BCUT2D eigenvalue weighted by Gasteiger charge is 2.13. The maximum absolute atomic E-state index is 12.2. The van der Waals surface area contributed by atoms with Gasteiger partial charge in [-0.25, -0.2) is 4.52 Å². The smallest absolute Gasteiger partial charge is 0.255 e. The Morgan fingerprint density at radius 2 is 2.04 bits per heavy atom. The fraction of sp³-hybridized carbons (Fsp3) is 0.167. The fourth-order valence-electron chi connectivity index (χ4n) is 2.44. The van der Waals surface area contributed by atoms with E-state index in [0.29, 0.717) is 11.1 Å². The minimum absolute atomic E-state index is 0.0979. The molecule has 2 amide bonds. The zero-order chi connectivity index (χ0) is 16.9. The van der Waals surface area contributed by atoms with Crippen LogP contribution in [0.1, 0.15) is 22.8 Å². The van der Waals surface area contributed by atoms with Crippen LogP contribution in [-0.4, -0.2) is 28.0 Å². The summed E-state index contributed by atoms with van der Waals surface area (Å²) in [6.07, 6.45) is 4.15. The van der Waals surface area contributed by atoms with Crippen LogP contribution in [0.4, 0.5) is 5.69 Å². The average molecular weight is 322 g/mol. The first-order valence-corrected chi connectivity index (χ1v) is 7.76. The van der Waals surface area contributed by atoms with E-state index in [1.54, 1.807) is 16.8 Å². The van der Waals surface area contributed by atoms with Crippen molar-refractivity contribution in [1.82, 2.24) is 14.9 Å². The molecule has 0 atom stereocenters. The fourth-order valence-corrected chi connectivity index (χ4v) is 2.44. The van der Waals surface area contributed by atoms with Gasteiger partial charge in [-0.1, -0.05) is 25.1 Å². The minimum Gasteiger partial charge on any atom is -0.343 e. The summed E-state index contributed by atoms with van der Waals surface area (Å²) < 4.78 is 1.62. The van der Waals surface area contributed by atoms with E-state index >= 15 is 0 Å². The van der Waals surface area contributed by atoms with Gasteiger partial charge in [-0.05, 0) is 36.2 Å². The van der Waals surface area contributed by atoms with Crippen LogP contribution in [0.5, 0.6) is 0 Å². The molecule has 2 N–H and O–H groups in total. The van der Waals surface area contributed by atoms with Crippen LogP contribution >= 0.6 is 0 Å². The van der Waals surface area contributed by atoms with E-state index in [1.165, 1.54) is 6.20 Å². The quantitative estimate of drug-likeness (QED) is 0.756. The molecule has 2 aromatic heterocycles. The number of carbonyl (C=O) groups is 2. The van der Waals surface area contributed by atoms with Crippen molar-refractivity contribution < 1.29 is 9.59 Å². The summed E-state index contributed by atoms with van der Waals surface area (Å²) in [7, 11) is 0. The zero-order valence-electron chi connectivity index (χ0n) is 13.3. The molecule has 0 unspecified atom stereocenters. The lowest BCUT2D eigenvalue weighted by Gasteiger charge is -2.07. The van der Waals surface area contributed by atoms with Gasteiger partial charge in [0.15, 0.2) is 0 Å². The Bertz CT molecular complexity index is 885. The predicted molar refractivity (Wildman–Crippen MR) is 92.0 cm³/mol. The second kappa shape index (κ2) is 6.95. The first-order valence-electron chi connectivity index (χ1n) is 7.76. The zero-order valence-corrected chi connectivity index (χ0v) is 13.3. The third-order valence-electron chi connectivity index (χ3n) is 3.70. The number of aryl methyl sites for hydroxylation is 1. The summed E-state index contributed by atoms with van der Waals surface area (Å²) in [5.41, 5.74) is 3.01. The highest BCUT2D eigenvalue weighted by molar-refractivity contribution is 6.03. The number of fused-ring (bicyclic) bond motifs is 1.